The zero-order valence-electron chi connectivity index (χ0n) is 56.2. The fourth-order valence-electron chi connectivity index (χ4n) is 11.5. The Labute approximate surface area is 518 Å². The van der Waals surface area contributed by atoms with Crippen molar-refractivity contribution >= 4 is 17.9 Å². The summed E-state index contributed by atoms with van der Waals surface area (Å²) in [5.74, 6) is -0.850. The van der Waals surface area contributed by atoms with Crippen LogP contribution in [0.1, 0.15) is 419 Å². The molecule has 0 spiro atoms. The van der Waals surface area contributed by atoms with E-state index >= 15 is 0 Å². The molecule has 0 rings (SSSR count). The van der Waals surface area contributed by atoms with E-state index in [9.17, 15) is 14.4 Å². The number of esters is 3. The average Bonchev–Trinajstić information content (AvgIpc) is 3.50. The van der Waals surface area contributed by atoms with Gasteiger partial charge in [-0.25, -0.2) is 0 Å². The van der Waals surface area contributed by atoms with E-state index in [1.807, 2.05) is 0 Å². The number of unbranched alkanes of at least 4 members (excludes halogenated alkanes) is 53. The Morgan fingerprint density at radius 2 is 0.434 bits per heavy atom. The monoisotopic (exact) mass is 1170 g/mol. The van der Waals surface area contributed by atoms with Crippen LogP contribution in [0.4, 0.5) is 0 Å². The summed E-state index contributed by atoms with van der Waals surface area (Å²) in [7, 11) is 0. The van der Waals surface area contributed by atoms with Gasteiger partial charge in [-0.1, -0.05) is 378 Å². The van der Waals surface area contributed by atoms with E-state index in [4.69, 9.17) is 14.2 Å². The van der Waals surface area contributed by atoms with Crippen LogP contribution >= 0.6 is 0 Å². The highest BCUT2D eigenvalue weighted by Crippen LogP contribution is 2.19. The summed E-state index contributed by atoms with van der Waals surface area (Å²) in [6.45, 7) is 6.71. The summed E-state index contributed by atoms with van der Waals surface area (Å²) in [6, 6.07) is 0. The fraction of sp³-hybridized carbons (Fsp3) is 0.883. The van der Waals surface area contributed by atoms with E-state index in [1.165, 1.54) is 302 Å². The molecule has 0 amide bonds. The highest BCUT2D eigenvalue weighted by atomic mass is 16.6. The first kappa shape index (κ1) is 80.6. The third kappa shape index (κ3) is 70.3. The zero-order valence-corrected chi connectivity index (χ0v) is 56.2. The predicted molar refractivity (Wildman–Crippen MR) is 362 cm³/mol. The van der Waals surface area contributed by atoms with Gasteiger partial charge in [0.15, 0.2) is 6.10 Å². The molecule has 0 fully saturated rings. The Bertz CT molecular complexity index is 1380. The molecule has 0 aliphatic carbocycles. The molecule has 0 aromatic heterocycles. The smallest absolute Gasteiger partial charge is 0.306 e. The van der Waals surface area contributed by atoms with Crippen molar-refractivity contribution in [3.63, 3.8) is 0 Å². The Morgan fingerprint density at radius 1 is 0.241 bits per heavy atom. The summed E-state index contributed by atoms with van der Waals surface area (Å²) in [4.78, 5) is 38.5. The van der Waals surface area contributed by atoms with Gasteiger partial charge in [0.05, 0.1) is 0 Å². The van der Waals surface area contributed by atoms with Crippen molar-refractivity contribution in [2.45, 2.75) is 425 Å². The van der Waals surface area contributed by atoms with E-state index in [2.05, 4.69) is 57.2 Å². The van der Waals surface area contributed by atoms with Gasteiger partial charge < -0.3 is 14.2 Å². The van der Waals surface area contributed by atoms with Crippen LogP contribution in [-0.4, -0.2) is 37.2 Å². The summed E-state index contributed by atoms with van der Waals surface area (Å²) < 4.78 is 17.0. The third-order valence-electron chi connectivity index (χ3n) is 17.1. The lowest BCUT2D eigenvalue weighted by molar-refractivity contribution is -0.167. The maximum absolute atomic E-state index is 13.0. The summed E-state index contributed by atoms with van der Waals surface area (Å²) in [6.07, 6.45) is 90.4. The van der Waals surface area contributed by atoms with Crippen LogP contribution in [0.5, 0.6) is 0 Å². The number of rotatable bonds is 70. The van der Waals surface area contributed by atoms with Gasteiger partial charge in [-0.3, -0.25) is 14.4 Å². The molecule has 0 saturated carbocycles. The molecule has 0 heterocycles. The number of hydrogen-bond donors (Lipinski definition) is 0. The largest absolute Gasteiger partial charge is 0.462 e. The molecular formula is C77H144O6. The molecule has 0 aromatic carbocycles. The van der Waals surface area contributed by atoms with Gasteiger partial charge in [-0.2, -0.15) is 0 Å². The van der Waals surface area contributed by atoms with Crippen LogP contribution < -0.4 is 0 Å². The van der Waals surface area contributed by atoms with Crippen LogP contribution in [0, 0.1) is 0 Å². The lowest BCUT2D eigenvalue weighted by Crippen LogP contribution is -2.30. The van der Waals surface area contributed by atoms with Crippen LogP contribution in [-0.2, 0) is 28.6 Å². The van der Waals surface area contributed by atoms with Gasteiger partial charge >= 0.3 is 17.9 Å². The Morgan fingerprint density at radius 3 is 0.675 bits per heavy atom. The third-order valence-corrected chi connectivity index (χ3v) is 17.1. The van der Waals surface area contributed by atoms with Gasteiger partial charge in [0, 0.05) is 19.3 Å². The van der Waals surface area contributed by atoms with Gasteiger partial charge in [0.2, 0.25) is 0 Å². The summed E-state index contributed by atoms with van der Waals surface area (Å²) in [5.41, 5.74) is 0. The first-order chi connectivity index (χ1) is 41.0. The molecule has 83 heavy (non-hydrogen) atoms. The topological polar surface area (TPSA) is 78.9 Å². The molecule has 0 saturated heterocycles. The Balaban J connectivity index is 4.27. The van der Waals surface area contributed by atoms with E-state index in [0.29, 0.717) is 19.3 Å². The molecular weight excluding hydrogens is 1020 g/mol. The number of carbonyl (C=O) groups is 3. The predicted octanol–water partition coefficient (Wildman–Crippen LogP) is 25.9. The highest BCUT2D eigenvalue weighted by Gasteiger charge is 2.20. The molecule has 1 atom stereocenters. The molecule has 0 aromatic rings. The van der Waals surface area contributed by atoms with Crippen molar-refractivity contribution in [3.8, 4) is 0 Å². The van der Waals surface area contributed by atoms with Crippen molar-refractivity contribution in [1.82, 2.24) is 0 Å². The molecule has 6 heteroatoms. The zero-order chi connectivity index (χ0) is 59.9. The van der Waals surface area contributed by atoms with Crippen LogP contribution in [0.25, 0.3) is 0 Å². The van der Waals surface area contributed by atoms with E-state index < -0.39 is 6.10 Å². The lowest BCUT2D eigenvalue weighted by atomic mass is 10.0. The van der Waals surface area contributed by atoms with Crippen LogP contribution in [0.15, 0.2) is 36.5 Å². The average molecular weight is 1170 g/mol. The fourth-order valence-corrected chi connectivity index (χ4v) is 11.5. The minimum atomic E-state index is -0.778. The first-order valence-electron chi connectivity index (χ1n) is 37.5. The van der Waals surface area contributed by atoms with Gasteiger partial charge in [-0.15, -0.1) is 0 Å². The van der Waals surface area contributed by atoms with E-state index in [-0.39, 0.29) is 31.1 Å². The minimum absolute atomic E-state index is 0.0716. The lowest BCUT2D eigenvalue weighted by Gasteiger charge is -2.18. The standard InChI is InChI=1S/C77H144O6/c1-4-7-10-13-16-19-22-25-28-31-33-35-36-37-38-39-40-42-43-46-49-52-55-58-61-64-67-70-76(79)82-73-74(72-81-75(78)69-66-63-60-57-54-51-48-45-30-27-24-21-18-15-12-9-6-3)83-77(80)71-68-65-62-59-56-53-50-47-44-41-34-32-29-26-23-20-17-14-11-8-5-2/h23,26,32,34,44,47,74H,4-22,24-25,27-31,33,35-43,45-46,48-73H2,1-3H3/b26-23-,34-32-,47-44-. The molecule has 6 nitrogen and oxygen atoms in total. The summed E-state index contributed by atoms with van der Waals surface area (Å²) >= 11 is 0. The quantitative estimate of drug-likeness (QED) is 0.0261. The van der Waals surface area contributed by atoms with Crippen molar-refractivity contribution in [1.29, 1.82) is 0 Å². The Kier molecular flexibility index (Phi) is 70.0. The van der Waals surface area contributed by atoms with Crippen molar-refractivity contribution in [2.24, 2.45) is 0 Å². The second kappa shape index (κ2) is 72.1. The van der Waals surface area contributed by atoms with Crippen LogP contribution in [0.2, 0.25) is 0 Å². The second-order valence-corrected chi connectivity index (χ2v) is 25.6. The van der Waals surface area contributed by atoms with Gasteiger partial charge in [-0.05, 0) is 57.8 Å². The molecule has 1 unspecified atom stereocenters. The number of carbonyl (C=O) groups excluding carboxylic acids is 3. The summed E-state index contributed by atoms with van der Waals surface area (Å²) in [5, 5.41) is 0. The molecule has 488 valence electrons. The van der Waals surface area contributed by atoms with Gasteiger partial charge in [0.1, 0.15) is 13.2 Å². The SMILES string of the molecule is CCCCCCC/C=C\C/C=C\C/C=C\CCCCCCCCC(=O)OC(COC(=O)CCCCCCCCCCCCCCCCCCC)COC(=O)CCCCCCCCCCCCCCCCCCCCCCCCCCCCC. The van der Waals surface area contributed by atoms with Crippen molar-refractivity contribution in [2.75, 3.05) is 13.2 Å². The first-order valence-corrected chi connectivity index (χ1v) is 37.5. The van der Waals surface area contributed by atoms with Gasteiger partial charge in [0.25, 0.3) is 0 Å². The number of hydrogen-bond acceptors (Lipinski definition) is 6. The highest BCUT2D eigenvalue weighted by molar-refractivity contribution is 5.71. The van der Waals surface area contributed by atoms with E-state index in [1.54, 1.807) is 0 Å². The normalized spacial score (nSPS) is 12.2. The Hall–Kier alpha value is -2.37. The molecule has 0 N–H and O–H groups in total. The number of allylic oxidation sites excluding steroid dienone is 6. The molecule has 0 aliphatic heterocycles. The molecule has 0 radical (unpaired) electrons. The maximum Gasteiger partial charge on any atom is 0.306 e. The molecule has 0 aliphatic rings. The minimum Gasteiger partial charge on any atom is -0.462 e. The molecule has 0 bridgehead atoms. The van der Waals surface area contributed by atoms with Crippen molar-refractivity contribution < 1.29 is 28.6 Å². The number of ether oxygens (including phenoxy) is 3. The maximum atomic E-state index is 13.0. The van der Waals surface area contributed by atoms with Crippen LogP contribution in [0.3, 0.4) is 0 Å². The second-order valence-electron chi connectivity index (χ2n) is 25.6. The van der Waals surface area contributed by atoms with E-state index in [0.717, 1.165) is 77.0 Å². The van der Waals surface area contributed by atoms with Crippen molar-refractivity contribution in [3.05, 3.63) is 36.5 Å².